The van der Waals surface area contributed by atoms with Crippen molar-refractivity contribution in [3.8, 4) is 5.75 Å². The summed E-state index contributed by atoms with van der Waals surface area (Å²) in [6.07, 6.45) is 5.20. The highest BCUT2D eigenvalue weighted by atomic mass is 16.5. The predicted molar refractivity (Wildman–Crippen MR) is 100 cm³/mol. The van der Waals surface area contributed by atoms with E-state index in [1.807, 2.05) is 25.4 Å². The monoisotopic (exact) mass is 348 g/mol. The molecule has 0 aromatic carbocycles. The second-order valence-corrected chi connectivity index (χ2v) is 7.32. The maximum absolute atomic E-state index is 10.2. The highest BCUT2D eigenvalue weighted by molar-refractivity contribution is 5.52. The lowest BCUT2D eigenvalue weighted by Crippen LogP contribution is -2.38. The molecular formula is C19H32N4O2. The van der Waals surface area contributed by atoms with E-state index in [1.165, 1.54) is 12.8 Å². The Balaban J connectivity index is 1.52. The van der Waals surface area contributed by atoms with Crippen LogP contribution in [0.5, 0.6) is 5.75 Å². The summed E-state index contributed by atoms with van der Waals surface area (Å²) >= 11 is 0. The summed E-state index contributed by atoms with van der Waals surface area (Å²) in [5.74, 6) is 1.89. The van der Waals surface area contributed by atoms with Gasteiger partial charge < -0.3 is 19.6 Å². The van der Waals surface area contributed by atoms with Crippen molar-refractivity contribution in [1.29, 1.82) is 0 Å². The van der Waals surface area contributed by atoms with Crippen LogP contribution in [0.1, 0.15) is 26.2 Å². The summed E-state index contributed by atoms with van der Waals surface area (Å²) in [4.78, 5) is 11.3. The quantitative estimate of drug-likeness (QED) is 0.767. The van der Waals surface area contributed by atoms with Crippen molar-refractivity contribution in [2.45, 2.75) is 38.4 Å². The average molecular weight is 348 g/mol. The molecule has 1 aromatic heterocycles. The molecule has 0 saturated carbocycles. The summed E-state index contributed by atoms with van der Waals surface area (Å²) in [7, 11) is 2.04. The van der Waals surface area contributed by atoms with E-state index in [1.54, 1.807) is 0 Å². The molecule has 1 N–H and O–H groups in total. The van der Waals surface area contributed by atoms with Crippen molar-refractivity contribution in [1.82, 2.24) is 14.8 Å². The van der Waals surface area contributed by atoms with E-state index in [0.717, 1.165) is 63.8 Å². The lowest BCUT2D eigenvalue weighted by molar-refractivity contribution is 0.0873. The number of ether oxygens (including phenoxy) is 1. The second-order valence-electron chi connectivity index (χ2n) is 7.32. The average Bonchev–Trinajstić information content (AvgIpc) is 3.27. The number of hydrogen-bond donors (Lipinski definition) is 1. The molecule has 0 aliphatic carbocycles. The Hall–Kier alpha value is -1.37. The van der Waals surface area contributed by atoms with E-state index in [2.05, 4.69) is 26.6 Å². The molecule has 25 heavy (non-hydrogen) atoms. The summed E-state index contributed by atoms with van der Waals surface area (Å²) in [6.45, 7) is 8.51. The van der Waals surface area contributed by atoms with Crippen molar-refractivity contribution >= 4 is 5.82 Å². The van der Waals surface area contributed by atoms with Crippen molar-refractivity contribution < 1.29 is 9.84 Å². The van der Waals surface area contributed by atoms with Crippen LogP contribution in [0, 0.1) is 0 Å². The summed E-state index contributed by atoms with van der Waals surface area (Å²) in [5, 5.41) is 10.2. The molecule has 140 valence electrons. The third-order valence-corrected chi connectivity index (χ3v) is 5.21. The first-order valence-corrected chi connectivity index (χ1v) is 9.61. The molecular weight excluding hydrogens is 316 g/mol. The Morgan fingerprint density at radius 1 is 1.36 bits per heavy atom. The highest BCUT2D eigenvalue weighted by Gasteiger charge is 2.27. The number of likely N-dealkylation sites (N-methyl/N-ethyl adjacent to an activating group) is 1. The summed E-state index contributed by atoms with van der Waals surface area (Å²) < 4.78 is 6.30. The largest absolute Gasteiger partial charge is 0.485 e. The Kier molecular flexibility index (Phi) is 6.51. The molecule has 0 spiro atoms. The predicted octanol–water partition coefficient (Wildman–Crippen LogP) is 1.45. The lowest BCUT2D eigenvalue weighted by atomic mass is 10.3. The molecule has 0 unspecified atom stereocenters. The normalized spacial score (nSPS) is 22.7. The van der Waals surface area contributed by atoms with Gasteiger partial charge in [-0.25, -0.2) is 4.98 Å². The van der Waals surface area contributed by atoms with Crippen LogP contribution in [-0.2, 0) is 0 Å². The van der Waals surface area contributed by atoms with Crippen LogP contribution in [0.3, 0.4) is 0 Å². The SMILES string of the molecule is CCN(C)C[C@@H](O)CN1CC[C@H](Oc2cccnc2N2CCCC2)C1. The number of likely N-dealkylation sites (tertiary alicyclic amines) is 1. The molecule has 3 heterocycles. The zero-order chi connectivity index (χ0) is 17.6. The smallest absolute Gasteiger partial charge is 0.171 e. The number of nitrogens with zero attached hydrogens (tertiary/aromatic N) is 4. The molecule has 6 heteroatoms. The molecule has 0 amide bonds. The van der Waals surface area contributed by atoms with Crippen LogP contribution in [0.2, 0.25) is 0 Å². The van der Waals surface area contributed by atoms with Crippen LogP contribution >= 0.6 is 0 Å². The minimum absolute atomic E-state index is 0.182. The van der Waals surface area contributed by atoms with E-state index in [-0.39, 0.29) is 12.2 Å². The van der Waals surface area contributed by atoms with Crippen LogP contribution in [0.25, 0.3) is 0 Å². The lowest BCUT2D eigenvalue weighted by Gasteiger charge is -2.24. The molecule has 2 saturated heterocycles. The maximum atomic E-state index is 10.2. The van der Waals surface area contributed by atoms with Gasteiger partial charge in [-0.1, -0.05) is 6.92 Å². The van der Waals surface area contributed by atoms with Gasteiger partial charge in [0.15, 0.2) is 11.6 Å². The fraction of sp³-hybridized carbons (Fsp3) is 0.737. The number of pyridine rings is 1. The third kappa shape index (κ3) is 5.06. The van der Waals surface area contributed by atoms with Gasteiger partial charge in [0.1, 0.15) is 6.10 Å². The molecule has 0 radical (unpaired) electrons. The highest BCUT2D eigenvalue weighted by Crippen LogP contribution is 2.30. The standard InChI is InChI=1S/C19H32N4O2/c1-3-21(2)13-16(24)14-22-12-8-17(15-22)25-18-7-6-9-20-19(18)23-10-4-5-11-23/h6-7,9,16-17,24H,3-5,8,10-15H2,1-2H3/t16-,17+/m1/s1. The van der Waals surface area contributed by atoms with E-state index in [0.29, 0.717) is 0 Å². The van der Waals surface area contributed by atoms with Gasteiger partial charge >= 0.3 is 0 Å². The maximum Gasteiger partial charge on any atom is 0.171 e. The third-order valence-electron chi connectivity index (χ3n) is 5.21. The fourth-order valence-electron chi connectivity index (χ4n) is 3.72. The topological polar surface area (TPSA) is 52.1 Å². The first-order valence-electron chi connectivity index (χ1n) is 9.61. The van der Waals surface area contributed by atoms with Crippen molar-refractivity contribution in [3.63, 3.8) is 0 Å². The van der Waals surface area contributed by atoms with E-state index in [4.69, 9.17) is 4.74 Å². The molecule has 3 rings (SSSR count). The Morgan fingerprint density at radius 3 is 2.92 bits per heavy atom. The second kappa shape index (κ2) is 8.83. The zero-order valence-corrected chi connectivity index (χ0v) is 15.6. The van der Waals surface area contributed by atoms with Crippen molar-refractivity contribution in [3.05, 3.63) is 18.3 Å². The van der Waals surface area contributed by atoms with Crippen LogP contribution in [0.15, 0.2) is 18.3 Å². The first-order chi connectivity index (χ1) is 12.2. The molecule has 6 nitrogen and oxygen atoms in total. The van der Waals surface area contributed by atoms with Gasteiger partial charge in [0, 0.05) is 45.5 Å². The summed E-state index contributed by atoms with van der Waals surface area (Å²) in [5.41, 5.74) is 0. The summed E-state index contributed by atoms with van der Waals surface area (Å²) in [6, 6.07) is 3.99. The van der Waals surface area contributed by atoms with E-state index in [9.17, 15) is 5.11 Å². The van der Waals surface area contributed by atoms with Gasteiger partial charge in [-0.3, -0.25) is 4.90 Å². The van der Waals surface area contributed by atoms with Gasteiger partial charge in [-0.15, -0.1) is 0 Å². The molecule has 2 atom stereocenters. The Labute approximate surface area is 151 Å². The number of aliphatic hydroxyl groups is 1. The van der Waals surface area contributed by atoms with Gasteiger partial charge in [-0.05, 0) is 45.0 Å². The number of anilines is 1. The zero-order valence-electron chi connectivity index (χ0n) is 15.6. The Morgan fingerprint density at radius 2 is 2.16 bits per heavy atom. The number of aromatic nitrogens is 1. The van der Waals surface area contributed by atoms with Crippen LogP contribution in [-0.4, -0.2) is 85.0 Å². The van der Waals surface area contributed by atoms with Gasteiger partial charge in [0.2, 0.25) is 0 Å². The number of hydrogen-bond acceptors (Lipinski definition) is 6. The fourth-order valence-corrected chi connectivity index (χ4v) is 3.72. The molecule has 2 fully saturated rings. The van der Waals surface area contributed by atoms with E-state index >= 15 is 0 Å². The molecule has 2 aliphatic heterocycles. The van der Waals surface area contributed by atoms with Crippen molar-refractivity contribution in [2.75, 3.05) is 57.8 Å². The van der Waals surface area contributed by atoms with Crippen LogP contribution in [0.4, 0.5) is 5.82 Å². The van der Waals surface area contributed by atoms with Gasteiger partial charge in [0.05, 0.1) is 6.10 Å². The minimum Gasteiger partial charge on any atom is -0.485 e. The van der Waals surface area contributed by atoms with E-state index < -0.39 is 0 Å². The first kappa shape index (κ1) is 18.4. The number of aliphatic hydroxyl groups excluding tert-OH is 1. The minimum atomic E-state index is -0.303. The van der Waals surface area contributed by atoms with Gasteiger partial charge in [0.25, 0.3) is 0 Å². The molecule has 1 aromatic rings. The Bertz CT molecular complexity index is 536. The van der Waals surface area contributed by atoms with Crippen molar-refractivity contribution in [2.24, 2.45) is 0 Å². The van der Waals surface area contributed by atoms with Crippen LogP contribution < -0.4 is 9.64 Å². The number of β-amino-alcohol motifs (C(OH)–C–C–N with tert-alkyl or cyclic N) is 1. The molecule has 0 bridgehead atoms. The molecule has 2 aliphatic rings. The van der Waals surface area contributed by atoms with Gasteiger partial charge in [-0.2, -0.15) is 0 Å². The number of rotatable bonds is 8.